The van der Waals surface area contributed by atoms with Crippen LogP contribution in [-0.2, 0) is 37.8 Å². The highest BCUT2D eigenvalue weighted by atomic mass is 32.2. The summed E-state index contributed by atoms with van der Waals surface area (Å²) in [5.74, 6) is -3.71. The summed E-state index contributed by atoms with van der Waals surface area (Å²) in [5.41, 5.74) is 0.549. The van der Waals surface area contributed by atoms with Crippen molar-refractivity contribution in [3.05, 3.63) is 35.3 Å². The zero-order valence-electron chi connectivity index (χ0n) is 19.7. The number of aromatic nitrogens is 2. The minimum absolute atomic E-state index is 0.0000751. The summed E-state index contributed by atoms with van der Waals surface area (Å²) in [4.78, 5) is 18.7. The fourth-order valence-electron chi connectivity index (χ4n) is 3.05. The van der Waals surface area contributed by atoms with Crippen molar-refractivity contribution < 1.29 is 31.7 Å². The van der Waals surface area contributed by atoms with Crippen LogP contribution in [0.4, 0.5) is 42.1 Å². The van der Waals surface area contributed by atoms with E-state index < -0.39 is 15.8 Å². The molecule has 0 N–H and O–H groups in total. The molecule has 1 aromatic heterocycles. The first-order chi connectivity index (χ1) is 16.7. The van der Waals surface area contributed by atoms with Crippen LogP contribution in [0.1, 0.15) is 32.4 Å². The Morgan fingerprint density at radius 2 is 1.91 bits per heavy atom. The van der Waals surface area contributed by atoms with Gasteiger partial charge in [0.25, 0.3) is 15.8 Å². The fraction of sp³-hybridized carbons (Fsp3) is 0.500. The van der Waals surface area contributed by atoms with Crippen molar-refractivity contribution >= 4 is 38.8 Å². The van der Waals surface area contributed by atoms with Gasteiger partial charge in [-0.1, -0.05) is 34.9 Å². The third-order valence-electron chi connectivity index (χ3n) is 4.69. The minimum Gasteiger partial charge on any atom is -0.371 e. The average molecular weight is 518 g/mol. The summed E-state index contributed by atoms with van der Waals surface area (Å²) < 4.78 is 59.3. The molecule has 15 heteroatoms. The van der Waals surface area contributed by atoms with Gasteiger partial charge in [-0.05, 0) is 35.6 Å². The molecule has 0 aliphatic carbocycles. The van der Waals surface area contributed by atoms with E-state index in [2.05, 4.69) is 33.7 Å². The molecule has 0 aliphatic rings. The van der Waals surface area contributed by atoms with Gasteiger partial charge in [0.05, 0.1) is 12.8 Å². The van der Waals surface area contributed by atoms with Crippen molar-refractivity contribution in [3.63, 3.8) is 0 Å². The highest BCUT2D eigenvalue weighted by Crippen LogP contribution is 2.36. The number of hydrogen-bond donors (Lipinski definition) is 0. The molecular weight excluding hydrogens is 491 g/mol. The molecule has 0 radical (unpaired) electrons. The first-order valence-electron chi connectivity index (χ1n) is 10.5. The molecule has 2 rings (SSSR count). The molecule has 2 aromatic rings. The normalized spacial score (nSPS) is 13.2. The first kappa shape index (κ1) is 28.2. The number of nitrogens with zero attached hydrogens (tertiary/aromatic N) is 7. The lowest BCUT2D eigenvalue weighted by atomic mass is 10.2. The molecule has 1 atom stereocenters. The molecule has 0 saturated carbocycles. The maximum atomic E-state index is 13.2. The topological polar surface area (TPSA) is 107 Å². The highest BCUT2D eigenvalue weighted by Gasteiger charge is 2.26. The number of imidazole rings is 1. The van der Waals surface area contributed by atoms with Gasteiger partial charge >= 0.3 is 11.7 Å². The zero-order chi connectivity index (χ0) is 26.0. The van der Waals surface area contributed by atoms with Crippen LogP contribution >= 0.6 is 0 Å². The standard InChI is InChI=1S/C20H26F3N7O4S/c1-6-10-30(11-7-2)14-8-9-15(16(12-14)28-35(31,34-23)19(21)22)26-27-20-25-18(24-3)17(29(20)4)13-33-32-5/h8-9,12,19H,6-7,10-11,13H2,1-2,4-5H3. The minimum atomic E-state index is -4.98. The van der Waals surface area contributed by atoms with Crippen LogP contribution in [0.2, 0.25) is 0 Å². The van der Waals surface area contributed by atoms with Gasteiger partial charge in [0.15, 0.2) is 0 Å². The van der Waals surface area contributed by atoms with Crippen LogP contribution in [0.3, 0.4) is 0 Å². The number of benzene rings is 1. The van der Waals surface area contributed by atoms with E-state index in [1.54, 1.807) is 13.1 Å². The molecule has 35 heavy (non-hydrogen) atoms. The van der Waals surface area contributed by atoms with Crippen molar-refractivity contribution in [2.24, 2.45) is 21.6 Å². The number of halogens is 3. The highest BCUT2D eigenvalue weighted by molar-refractivity contribution is 7.89. The Kier molecular flexibility index (Phi) is 10.6. The second-order valence-corrected chi connectivity index (χ2v) is 8.77. The second kappa shape index (κ2) is 13.1. The van der Waals surface area contributed by atoms with Gasteiger partial charge in [-0.15, -0.1) is 5.11 Å². The van der Waals surface area contributed by atoms with Crippen LogP contribution in [0, 0.1) is 6.57 Å². The largest absolute Gasteiger partial charge is 0.371 e. The smallest absolute Gasteiger partial charge is 0.345 e. The molecule has 192 valence electrons. The van der Waals surface area contributed by atoms with Crippen molar-refractivity contribution in [1.82, 2.24) is 9.55 Å². The van der Waals surface area contributed by atoms with Crippen LogP contribution in [0.25, 0.3) is 4.85 Å². The molecule has 0 bridgehead atoms. The van der Waals surface area contributed by atoms with E-state index in [1.165, 1.54) is 23.8 Å². The number of alkyl halides is 2. The molecule has 1 heterocycles. The first-order valence-corrected chi connectivity index (χ1v) is 12.0. The molecule has 0 saturated heterocycles. The maximum Gasteiger partial charge on any atom is 0.345 e. The molecule has 1 unspecified atom stereocenters. The van der Waals surface area contributed by atoms with Crippen LogP contribution < -0.4 is 4.90 Å². The molecule has 0 spiro atoms. The van der Waals surface area contributed by atoms with E-state index in [0.29, 0.717) is 24.5 Å². The summed E-state index contributed by atoms with van der Waals surface area (Å²) in [7, 11) is -2.11. The van der Waals surface area contributed by atoms with Gasteiger partial charge in [0, 0.05) is 25.8 Å². The molecule has 0 fully saturated rings. The third-order valence-corrected chi connectivity index (χ3v) is 5.77. The lowest BCUT2D eigenvalue weighted by Crippen LogP contribution is -2.24. The van der Waals surface area contributed by atoms with Gasteiger partial charge in [0.1, 0.15) is 18.0 Å². The average Bonchev–Trinajstić information content (AvgIpc) is 3.15. The summed E-state index contributed by atoms with van der Waals surface area (Å²) in [6.07, 6.45) is 1.62. The lowest BCUT2D eigenvalue weighted by Gasteiger charge is -2.24. The van der Waals surface area contributed by atoms with Crippen molar-refractivity contribution in [1.29, 1.82) is 0 Å². The quantitative estimate of drug-likeness (QED) is 0.135. The third kappa shape index (κ3) is 6.98. The Morgan fingerprint density at radius 3 is 2.46 bits per heavy atom. The fourth-order valence-corrected chi connectivity index (χ4v) is 3.64. The molecule has 0 amide bonds. The van der Waals surface area contributed by atoms with E-state index in [1.807, 2.05) is 18.7 Å². The monoisotopic (exact) mass is 517 g/mol. The van der Waals surface area contributed by atoms with Crippen molar-refractivity contribution in [2.75, 3.05) is 25.1 Å². The SMILES string of the molecule is [C-]#[N+]c1nc(N=Nc2ccc(N(CCC)CCC)cc2N=S(=O)(OF)C(F)F)n(C)c1COOC. The van der Waals surface area contributed by atoms with Crippen molar-refractivity contribution in [3.8, 4) is 0 Å². The van der Waals surface area contributed by atoms with E-state index in [9.17, 15) is 17.5 Å². The summed E-state index contributed by atoms with van der Waals surface area (Å²) in [6.45, 7) is 12.5. The van der Waals surface area contributed by atoms with E-state index in [4.69, 9.17) is 11.5 Å². The maximum absolute atomic E-state index is 13.2. The van der Waals surface area contributed by atoms with E-state index in [-0.39, 0.29) is 29.7 Å². The lowest BCUT2D eigenvalue weighted by molar-refractivity contribution is -0.283. The predicted octanol–water partition coefficient (Wildman–Crippen LogP) is 6.23. The number of rotatable bonds is 13. The Labute approximate surface area is 201 Å². The summed E-state index contributed by atoms with van der Waals surface area (Å²) >= 11 is 0. The van der Waals surface area contributed by atoms with Crippen LogP contribution in [0.15, 0.2) is 32.8 Å². The van der Waals surface area contributed by atoms with Gasteiger partial charge < -0.3 is 14.3 Å². The summed E-state index contributed by atoms with van der Waals surface area (Å²) in [6, 6.07) is 4.45. The Hall–Kier alpha value is -3.06. The number of hydrogen-bond acceptors (Lipinski definition) is 9. The van der Waals surface area contributed by atoms with E-state index >= 15 is 0 Å². The van der Waals surface area contributed by atoms with Gasteiger partial charge in [-0.25, -0.2) is 14.0 Å². The van der Waals surface area contributed by atoms with Gasteiger partial charge in [-0.3, -0.25) is 0 Å². The Bertz CT molecular complexity index is 1180. The van der Waals surface area contributed by atoms with Crippen LogP contribution in [0.5, 0.6) is 0 Å². The van der Waals surface area contributed by atoms with Gasteiger partial charge in [0.2, 0.25) is 0 Å². The van der Waals surface area contributed by atoms with Crippen molar-refractivity contribution in [2.45, 2.75) is 39.1 Å². The molecule has 1 aromatic carbocycles. The Balaban J connectivity index is 2.61. The Morgan fingerprint density at radius 1 is 1.23 bits per heavy atom. The van der Waals surface area contributed by atoms with E-state index in [0.717, 1.165) is 12.8 Å². The number of anilines is 1. The summed E-state index contributed by atoms with van der Waals surface area (Å²) in [5, 5.41) is 7.95. The molecular formula is C20H26F3N7O4S. The molecule has 0 aliphatic heterocycles. The predicted molar refractivity (Wildman–Crippen MR) is 123 cm³/mol. The second-order valence-electron chi connectivity index (χ2n) is 7.07. The van der Waals surface area contributed by atoms with Crippen LogP contribution in [-0.4, -0.2) is 39.7 Å². The van der Waals surface area contributed by atoms with Gasteiger partial charge in [-0.2, -0.15) is 13.1 Å². The number of azo groups is 1. The zero-order valence-corrected chi connectivity index (χ0v) is 20.5. The molecule has 11 nitrogen and oxygen atoms in total.